The average Bonchev–Trinajstić information content (AvgIpc) is 3.06. The SMILES string of the molecule is C=Cc1ccc(Cn2cc(CCNC(=O)OC(C)(C)C)cn2)c2c1OC(C)(C)OC2=O. The van der Waals surface area contributed by atoms with Gasteiger partial charge in [0.2, 0.25) is 5.79 Å². The molecule has 0 atom stereocenters. The van der Waals surface area contributed by atoms with Crippen LogP contribution in [0.4, 0.5) is 4.79 Å². The normalized spacial score (nSPS) is 14.8. The van der Waals surface area contributed by atoms with Crippen LogP contribution in [0, 0.1) is 0 Å². The standard InChI is InChI=1S/C23H29N3O5/c1-7-16-8-9-17(18-19(16)29-23(5,6)30-20(18)27)14-26-13-15(12-25-26)10-11-24-21(28)31-22(2,3)4/h7-9,12-13H,1,10-11,14H2,2-6H3,(H,24,28). The molecule has 1 aromatic heterocycles. The van der Waals surface area contributed by atoms with Crippen LogP contribution in [0.1, 0.15) is 61.7 Å². The molecule has 0 saturated heterocycles. The monoisotopic (exact) mass is 427 g/mol. The molecule has 8 nitrogen and oxygen atoms in total. The number of alkyl carbamates (subject to hydrolysis) is 1. The Labute approximate surface area is 182 Å². The molecule has 1 aliphatic rings. The lowest BCUT2D eigenvalue weighted by atomic mass is 10.0. The Kier molecular flexibility index (Phi) is 6.10. The van der Waals surface area contributed by atoms with E-state index in [2.05, 4.69) is 17.0 Å². The summed E-state index contributed by atoms with van der Waals surface area (Å²) >= 11 is 0. The van der Waals surface area contributed by atoms with Gasteiger partial charge in [-0.3, -0.25) is 4.68 Å². The topological polar surface area (TPSA) is 91.7 Å². The maximum absolute atomic E-state index is 12.7. The third-order valence-electron chi connectivity index (χ3n) is 4.49. The summed E-state index contributed by atoms with van der Waals surface area (Å²) in [5.74, 6) is -0.998. The van der Waals surface area contributed by atoms with Crippen molar-refractivity contribution in [3.8, 4) is 5.75 Å². The van der Waals surface area contributed by atoms with Crippen molar-refractivity contribution in [3.05, 3.63) is 53.4 Å². The lowest BCUT2D eigenvalue weighted by Crippen LogP contribution is -2.39. The predicted octanol–water partition coefficient (Wildman–Crippen LogP) is 3.93. The minimum Gasteiger partial charge on any atom is -0.451 e. The average molecular weight is 428 g/mol. The number of benzene rings is 1. The van der Waals surface area contributed by atoms with Gasteiger partial charge in [0, 0.05) is 32.2 Å². The van der Waals surface area contributed by atoms with Crippen LogP contribution < -0.4 is 10.1 Å². The first-order valence-corrected chi connectivity index (χ1v) is 10.2. The molecule has 1 aromatic carbocycles. The Bertz CT molecular complexity index is 1000. The van der Waals surface area contributed by atoms with Gasteiger partial charge in [0.15, 0.2) is 0 Å². The zero-order valence-corrected chi connectivity index (χ0v) is 18.7. The van der Waals surface area contributed by atoms with E-state index in [4.69, 9.17) is 14.2 Å². The van der Waals surface area contributed by atoms with E-state index < -0.39 is 23.5 Å². The minimum absolute atomic E-state index is 0.373. The van der Waals surface area contributed by atoms with Crippen molar-refractivity contribution in [1.29, 1.82) is 0 Å². The van der Waals surface area contributed by atoms with Crippen molar-refractivity contribution in [3.63, 3.8) is 0 Å². The van der Waals surface area contributed by atoms with Gasteiger partial charge in [0.1, 0.15) is 16.9 Å². The molecule has 8 heteroatoms. The van der Waals surface area contributed by atoms with Crippen LogP contribution in [0.3, 0.4) is 0 Å². The highest BCUT2D eigenvalue weighted by molar-refractivity contribution is 5.96. The number of nitrogens with one attached hydrogen (secondary N) is 1. The molecule has 1 aliphatic heterocycles. The number of esters is 1. The molecule has 31 heavy (non-hydrogen) atoms. The fourth-order valence-corrected chi connectivity index (χ4v) is 3.23. The smallest absolute Gasteiger partial charge is 0.407 e. The molecular formula is C23H29N3O5. The molecule has 1 N–H and O–H groups in total. The number of amides is 1. The van der Waals surface area contributed by atoms with Crippen LogP contribution >= 0.6 is 0 Å². The number of carbonyl (C=O) groups excluding carboxylic acids is 2. The quantitative estimate of drug-likeness (QED) is 0.703. The second kappa shape index (κ2) is 8.45. The van der Waals surface area contributed by atoms with Crippen LogP contribution in [-0.4, -0.2) is 39.8 Å². The zero-order valence-electron chi connectivity index (χ0n) is 18.7. The molecule has 2 heterocycles. The van der Waals surface area contributed by atoms with Gasteiger partial charge in [-0.25, -0.2) is 9.59 Å². The van der Waals surface area contributed by atoms with Crippen molar-refractivity contribution in [1.82, 2.24) is 15.1 Å². The first-order valence-electron chi connectivity index (χ1n) is 10.2. The number of fused-ring (bicyclic) bond motifs is 1. The second-order valence-corrected chi connectivity index (χ2v) is 8.84. The Hall–Kier alpha value is -3.29. The molecule has 0 fully saturated rings. The Balaban J connectivity index is 1.69. The molecule has 0 aliphatic carbocycles. The van der Waals surface area contributed by atoms with Gasteiger partial charge in [0.25, 0.3) is 0 Å². The van der Waals surface area contributed by atoms with Crippen LogP contribution in [0.15, 0.2) is 31.1 Å². The van der Waals surface area contributed by atoms with Gasteiger partial charge in [-0.05, 0) is 38.3 Å². The fraction of sp³-hybridized carbons (Fsp3) is 0.435. The zero-order chi connectivity index (χ0) is 22.8. The van der Waals surface area contributed by atoms with Gasteiger partial charge in [-0.1, -0.05) is 24.8 Å². The third-order valence-corrected chi connectivity index (χ3v) is 4.49. The van der Waals surface area contributed by atoms with Crippen molar-refractivity contribution in [2.45, 2.75) is 59.0 Å². The van der Waals surface area contributed by atoms with Crippen molar-refractivity contribution in [2.24, 2.45) is 0 Å². The molecule has 166 valence electrons. The van der Waals surface area contributed by atoms with Gasteiger partial charge >= 0.3 is 12.1 Å². The number of cyclic esters (lactones) is 1. The summed E-state index contributed by atoms with van der Waals surface area (Å²) < 4.78 is 18.3. The van der Waals surface area contributed by atoms with E-state index in [1.54, 1.807) is 30.8 Å². The molecule has 0 saturated carbocycles. The van der Waals surface area contributed by atoms with Crippen molar-refractivity contribution >= 4 is 18.1 Å². The molecule has 1 amide bonds. The van der Waals surface area contributed by atoms with E-state index in [0.717, 1.165) is 16.7 Å². The maximum atomic E-state index is 12.7. The van der Waals surface area contributed by atoms with E-state index in [0.29, 0.717) is 30.8 Å². The van der Waals surface area contributed by atoms with Gasteiger partial charge in [0.05, 0.1) is 12.7 Å². The van der Waals surface area contributed by atoms with Gasteiger partial charge in [-0.2, -0.15) is 5.10 Å². The molecular weight excluding hydrogens is 398 g/mol. The third kappa shape index (κ3) is 5.65. The second-order valence-electron chi connectivity index (χ2n) is 8.84. The summed E-state index contributed by atoms with van der Waals surface area (Å²) in [4.78, 5) is 24.4. The number of nitrogens with zero attached hydrogens (tertiary/aromatic N) is 2. The first kappa shape index (κ1) is 22.4. The van der Waals surface area contributed by atoms with E-state index in [9.17, 15) is 9.59 Å². The predicted molar refractivity (Wildman–Crippen MR) is 116 cm³/mol. The minimum atomic E-state index is -1.04. The Morgan fingerprint density at radius 1 is 1.32 bits per heavy atom. The number of ether oxygens (including phenoxy) is 3. The van der Waals surface area contributed by atoms with E-state index in [-0.39, 0.29) is 0 Å². The summed E-state index contributed by atoms with van der Waals surface area (Å²) in [6.45, 7) is 13.4. The summed E-state index contributed by atoms with van der Waals surface area (Å²) in [6.07, 6.45) is 5.42. The van der Waals surface area contributed by atoms with Crippen LogP contribution in [0.2, 0.25) is 0 Å². The Morgan fingerprint density at radius 3 is 2.74 bits per heavy atom. The maximum Gasteiger partial charge on any atom is 0.407 e. The molecule has 0 spiro atoms. The number of hydrogen-bond acceptors (Lipinski definition) is 6. The Morgan fingerprint density at radius 2 is 2.06 bits per heavy atom. The van der Waals surface area contributed by atoms with Gasteiger partial charge in [-0.15, -0.1) is 0 Å². The number of hydrogen-bond donors (Lipinski definition) is 1. The molecule has 2 aromatic rings. The van der Waals surface area contributed by atoms with E-state index in [1.807, 2.05) is 39.1 Å². The van der Waals surface area contributed by atoms with Crippen molar-refractivity contribution < 1.29 is 23.8 Å². The number of carbonyl (C=O) groups is 2. The molecule has 0 unspecified atom stereocenters. The molecule has 3 rings (SSSR count). The van der Waals surface area contributed by atoms with E-state index >= 15 is 0 Å². The number of rotatable bonds is 6. The molecule has 0 bridgehead atoms. The first-order chi connectivity index (χ1) is 14.5. The van der Waals surface area contributed by atoms with Crippen LogP contribution in [-0.2, 0) is 22.4 Å². The molecule has 0 radical (unpaired) electrons. The van der Waals surface area contributed by atoms with Gasteiger partial charge < -0.3 is 19.5 Å². The highest BCUT2D eigenvalue weighted by Gasteiger charge is 2.36. The highest BCUT2D eigenvalue weighted by atomic mass is 16.7. The van der Waals surface area contributed by atoms with Crippen LogP contribution in [0.25, 0.3) is 6.08 Å². The lowest BCUT2D eigenvalue weighted by molar-refractivity contribution is -0.127. The largest absolute Gasteiger partial charge is 0.451 e. The summed E-state index contributed by atoms with van der Waals surface area (Å²) in [5, 5.41) is 7.10. The van der Waals surface area contributed by atoms with Crippen molar-refractivity contribution in [2.75, 3.05) is 6.54 Å². The van der Waals surface area contributed by atoms with Crippen LogP contribution in [0.5, 0.6) is 5.75 Å². The summed E-state index contributed by atoms with van der Waals surface area (Å²) in [6, 6.07) is 3.72. The summed E-state index contributed by atoms with van der Waals surface area (Å²) in [7, 11) is 0. The fourth-order valence-electron chi connectivity index (χ4n) is 3.23. The lowest BCUT2D eigenvalue weighted by Gasteiger charge is -2.33. The van der Waals surface area contributed by atoms with E-state index in [1.165, 1.54) is 0 Å². The number of aromatic nitrogens is 2. The highest BCUT2D eigenvalue weighted by Crippen LogP contribution is 2.37. The summed E-state index contributed by atoms with van der Waals surface area (Å²) in [5.41, 5.74) is 2.28.